The van der Waals surface area contributed by atoms with Crippen LogP contribution in [0.4, 0.5) is 5.82 Å². The molecule has 0 amide bonds. The highest BCUT2D eigenvalue weighted by atomic mass is 79.9. The highest BCUT2D eigenvalue weighted by molar-refractivity contribution is 9.10. The van der Waals surface area contributed by atoms with Crippen LogP contribution < -0.4 is 5.32 Å². The van der Waals surface area contributed by atoms with Crippen LogP contribution in [-0.4, -0.2) is 23.5 Å². The van der Waals surface area contributed by atoms with Crippen LogP contribution in [0.15, 0.2) is 16.7 Å². The van der Waals surface area contributed by atoms with Gasteiger partial charge in [-0.15, -0.1) is 0 Å². The molecule has 4 heteroatoms. The first kappa shape index (κ1) is 12.8. The molecule has 0 spiro atoms. The van der Waals surface area contributed by atoms with Gasteiger partial charge in [0.05, 0.1) is 0 Å². The van der Waals surface area contributed by atoms with E-state index in [4.69, 9.17) is 0 Å². The summed E-state index contributed by atoms with van der Waals surface area (Å²) in [4.78, 5) is 4.29. The summed E-state index contributed by atoms with van der Waals surface area (Å²) in [5, 5.41) is 3.33. The molecule has 0 bridgehead atoms. The van der Waals surface area contributed by atoms with Crippen molar-refractivity contribution in [2.75, 3.05) is 23.9 Å². The molecular formula is C11H17BrN2S. The molecule has 0 unspecified atom stereocenters. The van der Waals surface area contributed by atoms with Crippen molar-refractivity contribution in [3.05, 3.63) is 22.3 Å². The van der Waals surface area contributed by atoms with Crippen molar-refractivity contribution in [3.63, 3.8) is 0 Å². The predicted octanol–water partition coefficient (Wildman–Crippen LogP) is 3.71. The second-order valence-electron chi connectivity index (χ2n) is 3.45. The lowest BCUT2D eigenvalue weighted by Crippen LogP contribution is -2.03. The zero-order chi connectivity index (χ0) is 11.1. The van der Waals surface area contributed by atoms with E-state index in [1.54, 1.807) is 0 Å². The fourth-order valence-electron chi connectivity index (χ4n) is 1.22. The number of unbranched alkanes of at least 4 members (excludes halogenated alkanes) is 1. The van der Waals surface area contributed by atoms with E-state index in [2.05, 4.69) is 45.5 Å². The van der Waals surface area contributed by atoms with Gasteiger partial charge >= 0.3 is 0 Å². The average Bonchev–Trinajstić information content (AvgIpc) is 2.23. The second-order valence-corrected chi connectivity index (χ2v) is 5.29. The molecule has 15 heavy (non-hydrogen) atoms. The number of aryl methyl sites for hydroxylation is 1. The normalized spacial score (nSPS) is 10.3. The number of rotatable bonds is 6. The molecule has 0 aliphatic rings. The molecule has 1 aromatic rings. The van der Waals surface area contributed by atoms with Gasteiger partial charge in [0.15, 0.2) is 0 Å². The minimum atomic E-state index is 0.972. The number of aromatic nitrogens is 1. The first-order valence-electron chi connectivity index (χ1n) is 5.09. The minimum Gasteiger partial charge on any atom is -0.370 e. The Morgan fingerprint density at radius 3 is 2.93 bits per heavy atom. The molecule has 0 aliphatic carbocycles. The lowest BCUT2D eigenvalue weighted by molar-refractivity contribution is 0.839. The molecular weight excluding hydrogens is 272 g/mol. The maximum Gasteiger partial charge on any atom is 0.126 e. The van der Waals surface area contributed by atoms with E-state index < -0.39 is 0 Å². The van der Waals surface area contributed by atoms with Crippen molar-refractivity contribution in [2.24, 2.45) is 0 Å². The molecule has 2 nitrogen and oxygen atoms in total. The quantitative estimate of drug-likeness (QED) is 0.808. The average molecular weight is 289 g/mol. The highest BCUT2D eigenvalue weighted by Crippen LogP contribution is 2.17. The van der Waals surface area contributed by atoms with Gasteiger partial charge in [0.25, 0.3) is 0 Å². The summed E-state index contributed by atoms with van der Waals surface area (Å²) in [6.07, 6.45) is 6.47. The van der Waals surface area contributed by atoms with Crippen molar-refractivity contribution < 1.29 is 0 Å². The Morgan fingerprint density at radius 2 is 2.27 bits per heavy atom. The van der Waals surface area contributed by atoms with E-state index in [1.165, 1.54) is 24.2 Å². The Balaban J connectivity index is 2.28. The van der Waals surface area contributed by atoms with Gasteiger partial charge in [0.1, 0.15) is 5.82 Å². The summed E-state index contributed by atoms with van der Waals surface area (Å²) >= 11 is 5.34. The largest absolute Gasteiger partial charge is 0.370 e. The summed E-state index contributed by atoms with van der Waals surface area (Å²) in [6.45, 7) is 3.08. The molecule has 0 saturated heterocycles. The molecule has 1 heterocycles. The van der Waals surface area contributed by atoms with Gasteiger partial charge in [0, 0.05) is 17.2 Å². The number of hydrogen-bond donors (Lipinski definition) is 1. The van der Waals surface area contributed by atoms with Crippen molar-refractivity contribution in [3.8, 4) is 0 Å². The topological polar surface area (TPSA) is 24.9 Å². The van der Waals surface area contributed by atoms with Gasteiger partial charge in [-0.3, -0.25) is 0 Å². The summed E-state index contributed by atoms with van der Waals surface area (Å²) in [6, 6.07) is 2.07. The molecule has 0 fully saturated rings. The van der Waals surface area contributed by atoms with Gasteiger partial charge in [-0.1, -0.05) is 0 Å². The molecule has 0 aromatic carbocycles. The SMILES string of the molecule is CSCCCCNc1cc(C)c(Br)cn1. The van der Waals surface area contributed by atoms with E-state index in [0.717, 1.165) is 16.8 Å². The Morgan fingerprint density at radius 1 is 1.47 bits per heavy atom. The number of pyridine rings is 1. The number of nitrogens with zero attached hydrogens (tertiary/aromatic N) is 1. The third-order valence-corrected chi connectivity index (χ3v) is 3.66. The zero-order valence-corrected chi connectivity index (χ0v) is 11.6. The molecule has 0 aliphatic heterocycles. The van der Waals surface area contributed by atoms with Crippen molar-refractivity contribution in [2.45, 2.75) is 19.8 Å². The third-order valence-electron chi connectivity index (χ3n) is 2.13. The smallest absolute Gasteiger partial charge is 0.126 e. The first-order valence-corrected chi connectivity index (χ1v) is 7.27. The van der Waals surface area contributed by atoms with Crippen molar-refractivity contribution >= 4 is 33.5 Å². The Kier molecular flexibility index (Phi) is 6.10. The Bertz CT molecular complexity index is 305. The number of halogens is 1. The first-order chi connectivity index (χ1) is 7.24. The maximum atomic E-state index is 4.29. The van der Waals surface area contributed by atoms with E-state index in [-0.39, 0.29) is 0 Å². The lowest BCUT2D eigenvalue weighted by atomic mass is 10.3. The zero-order valence-electron chi connectivity index (χ0n) is 9.22. The predicted molar refractivity (Wildman–Crippen MR) is 72.8 cm³/mol. The minimum absolute atomic E-state index is 0.972. The van der Waals surface area contributed by atoms with E-state index in [0.29, 0.717) is 0 Å². The van der Waals surface area contributed by atoms with Crippen LogP contribution in [0.25, 0.3) is 0 Å². The summed E-state index contributed by atoms with van der Waals surface area (Å²) in [7, 11) is 0. The fraction of sp³-hybridized carbons (Fsp3) is 0.545. The van der Waals surface area contributed by atoms with E-state index in [9.17, 15) is 0 Å². The van der Waals surface area contributed by atoms with Crippen molar-refractivity contribution in [1.29, 1.82) is 0 Å². The van der Waals surface area contributed by atoms with Gasteiger partial charge < -0.3 is 5.32 Å². The third kappa shape index (κ3) is 4.89. The highest BCUT2D eigenvalue weighted by Gasteiger charge is 1.97. The Hall–Kier alpha value is -0.220. The van der Waals surface area contributed by atoms with Crippen LogP contribution >= 0.6 is 27.7 Å². The van der Waals surface area contributed by atoms with Gasteiger partial charge in [-0.2, -0.15) is 11.8 Å². The molecule has 84 valence electrons. The summed E-state index contributed by atoms with van der Waals surface area (Å²) in [5.41, 5.74) is 1.22. The van der Waals surface area contributed by atoms with Crippen LogP contribution in [0.2, 0.25) is 0 Å². The fourth-order valence-corrected chi connectivity index (χ4v) is 1.93. The second kappa shape index (κ2) is 7.12. The molecule has 0 atom stereocenters. The van der Waals surface area contributed by atoms with Crippen LogP contribution in [0.1, 0.15) is 18.4 Å². The summed E-state index contributed by atoms with van der Waals surface area (Å²) < 4.78 is 1.07. The number of nitrogens with one attached hydrogen (secondary N) is 1. The van der Waals surface area contributed by atoms with Gasteiger partial charge in [0.2, 0.25) is 0 Å². The lowest BCUT2D eigenvalue weighted by Gasteiger charge is -2.06. The van der Waals surface area contributed by atoms with E-state index in [1.807, 2.05) is 18.0 Å². The molecule has 0 saturated carbocycles. The number of anilines is 1. The Labute approximate surface area is 104 Å². The monoisotopic (exact) mass is 288 g/mol. The van der Waals surface area contributed by atoms with Crippen LogP contribution in [0.3, 0.4) is 0 Å². The molecule has 1 N–H and O–H groups in total. The molecule has 0 radical (unpaired) electrons. The standard InChI is InChI=1S/C11H17BrN2S/c1-9-7-11(14-8-10(9)12)13-5-3-4-6-15-2/h7-8H,3-6H2,1-2H3,(H,13,14). The molecule has 1 aromatic heterocycles. The van der Waals surface area contributed by atoms with Crippen LogP contribution in [0, 0.1) is 6.92 Å². The van der Waals surface area contributed by atoms with Gasteiger partial charge in [-0.05, 0) is 59.3 Å². The van der Waals surface area contributed by atoms with Crippen molar-refractivity contribution in [1.82, 2.24) is 4.98 Å². The van der Waals surface area contributed by atoms with Crippen LogP contribution in [0.5, 0.6) is 0 Å². The van der Waals surface area contributed by atoms with Gasteiger partial charge in [-0.25, -0.2) is 4.98 Å². The van der Waals surface area contributed by atoms with Crippen LogP contribution in [-0.2, 0) is 0 Å². The van der Waals surface area contributed by atoms with E-state index >= 15 is 0 Å². The summed E-state index contributed by atoms with van der Waals surface area (Å²) in [5.74, 6) is 2.22. The molecule has 1 rings (SSSR count). The number of thioether (sulfide) groups is 1. The maximum absolute atomic E-state index is 4.29. The number of hydrogen-bond acceptors (Lipinski definition) is 3.